The van der Waals surface area contributed by atoms with E-state index in [0.717, 1.165) is 11.8 Å². The van der Waals surface area contributed by atoms with Crippen LogP contribution in [0.1, 0.15) is 33.6 Å². The monoisotopic (exact) mass is 152 g/mol. The molecule has 0 heteroatoms. The molecule has 0 nitrogen and oxygen atoms in total. The van der Waals surface area contributed by atoms with Crippen molar-refractivity contribution in [3.05, 3.63) is 24.8 Å². The summed E-state index contributed by atoms with van der Waals surface area (Å²) < 4.78 is 0. The molecule has 0 aliphatic heterocycles. The normalized spacial score (nSPS) is 14.2. The van der Waals surface area contributed by atoms with Gasteiger partial charge in [0.05, 0.1) is 0 Å². The van der Waals surface area contributed by atoms with E-state index in [1.807, 2.05) is 6.08 Å². The lowest BCUT2D eigenvalue weighted by molar-refractivity contribution is 0.465. The van der Waals surface area contributed by atoms with Crippen molar-refractivity contribution in [2.75, 3.05) is 0 Å². The third-order valence-electron chi connectivity index (χ3n) is 1.82. The number of hydrogen-bond donors (Lipinski definition) is 0. The minimum atomic E-state index is 0.744. The summed E-state index contributed by atoms with van der Waals surface area (Å²) in [4.78, 5) is 0. The quantitative estimate of drug-likeness (QED) is 0.526. The maximum absolute atomic E-state index is 3.66. The fourth-order valence-electron chi connectivity index (χ4n) is 1.22. The summed E-state index contributed by atoms with van der Waals surface area (Å²) in [5, 5.41) is 0. The average Bonchev–Trinajstić information content (AvgIpc) is 1.97. The minimum Gasteiger partial charge on any atom is -0.0991 e. The number of allylic oxidation sites excluding steroid dienone is 3. The summed E-state index contributed by atoms with van der Waals surface area (Å²) in [5.74, 6) is 1.54. The van der Waals surface area contributed by atoms with Gasteiger partial charge in [-0.1, -0.05) is 45.6 Å². The highest BCUT2D eigenvalue weighted by molar-refractivity contribution is 4.99. The summed E-state index contributed by atoms with van der Waals surface area (Å²) >= 11 is 0. The van der Waals surface area contributed by atoms with Gasteiger partial charge in [0.25, 0.3) is 0 Å². The van der Waals surface area contributed by atoms with Crippen LogP contribution in [0.4, 0.5) is 0 Å². The van der Waals surface area contributed by atoms with Gasteiger partial charge in [-0.05, 0) is 24.7 Å². The molecule has 0 spiro atoms. The Kier molecular flexibility index (Phi) is 5.91. The largest absolute Gasteiger partial charge is 0.0991 e. The molecule has 1 unspecified atom stereocenters. The van der Waals surface area contributed by atoms with Crippen LogP contribution < -0.4 is 0 Å². The summed E-state index contributed by atoms with van der Waals surface area (Å²) in [5.41, 5.74) is 0. The van der Waals surface area contributed by atoms with E-state index in [2.05, 4.69) is 39.5 Å². The van der Waals surface area contributed by atoms with Crippen molar-refractivity contribution < 1.29 is 0 Å². The van der Waals surface area contributed by atoms with Crippen LogP contribution in [-0.4, -0.2) is 0 Å². The van der Waals surface area contributed by atoms with Gasteiger partial charge in [0, 0.05) is 0 Å². The maximum atomic E-state index is 3.66. The third-order valence-corrected chi connectivity index (χ3v) is 1.82. The summed E-state index contributed by atoms with van der Waals surface area (Å²) in [6.07, 6.45) is 8.69. The van der Waals surface area contributed by atoms with Gasteiger partial charge in [0.15, 0.2) is 0 Å². The van der Waals surface area contributed by atoms with E-state index < -0.39 is 0 Å². The molecular formula is C11H20. The molecule has 0 amide bonds. The fraction of sp³-hybridized carbons (Fsp3) is 0.636. The Morgan fingerprint density at radius 3 is 2.36 bits per heavy atom. The van der Waals surface area contributed by atoms with E-state index in [-0.39, 0.29) is 0 Å². The average molecular weight is 152 g/mol. The van der Waals surface area contributed by atoms with Crippen molar-refractivity contribution in [2.45, 2.75) is 33.6 Å². The first-order valence-corrected chi connectivity index (χ1v) is 4.49. The Labute approximate surface area is 71.0 Å². The van der Waals surface area contributed by atoms with E-state index in [9.17, 15) is 0 Å². The second-order valence-electron chi connectivity index (χ2n) is 3.42. The molecule has 0 rings (SSSR count). The van der Waals surface area contributed by atoms with E-state index in [1.54, 1.807) is 0 Å². The van der Waals surface area contributed by atoms with E-state index in [0.29, 0.717) is 0 Å². The molecule has 0 N–H and O–H groups in total. The zero-order valence-electron chi connectivity index (χ0n) is 8.01. The Bertz CT molecular complexity index is 120. The number of rotatable bonds is 5. The molecule has 1 atom stereocenters. The molecule has 64 valence electrons. The Balaban J connectivity index is 3.75. The Morgan fingerprint density at radius 2 is 2.00 bits per heavy atom. The van der Waals surface area contributed by atoms with Gasteiger partial charge in [-0.25, -0.2) is 0 Å². The molecule has 0 saturated heterocycles. The highest BCUT2D eigenvalue weighted by Crippen LogP contribution is 2.16. The van der Waals surface area contributed by atoms with Crippen LogP contribution in [0.15, 0.2) is 24.8 Å². The molecule has 0 fully saturated rings. The molecule has 0 saturated carbocycles. The zero-order chi connectivity index (χ0) is 8.69. The van der Waals surface area contributed by atoms with Gasteiger partial charge >= 0.3 is 0 Å². The molecule has 0 heterocycles. The predicted molar refractivity (Wildman–Crippen MR) is 52.6 cm³/mol. The second-order valence-corrected chi connectivity index (χ2v) is 3.42. The Hall–Kier alpha value is -0.520. The zero-order valence-corrected chi connectivity index (χ0v) is 8.01. The molecule has 0 aromatic carbocycles. The maximum Gasteiger partial charge on any atom is -0.0231 e. The summed E-state index contributed by atoms with van der Waals surface area (Å²) in [7, 11) is 0. The fourth-order valence-corrected chi connectivity index (χ4v) is 1.22. The SMILES string of the molecule is C=C/C=C\C(CC)CC(C)C. The molecule has 0 aliphatic carbocycles. The van der Waals surface area contributed by atoms with Gasteiger partial charge in [-0.2, -0.15) is 0 Å². The van der Waals surface area contributed by atoms with Crippen LogP contribution >= 0.6 is 0 Å². The molecule has 0 radical (unpaired) electrons. The van der Waals surface area contributed by atoms with Crippen LogP contribution in [0.25, 0.3) is 0 Å². The molecule has 0 bridgehead atoms. The predicted octanol–water partition coefficient (Wildman–Crippen LogP) is 3.80. The van der Waals surface area contributed by atoms with Crippen LogP contribution in [0.5, 0.6) is 0 Å². The van der Waals surface area contributed by atoms with Crippen LogP contribution in [0.2, 0.25) is 0 Å². The van der Waals surface area contributed by atoms with Gasteiger partial charge in [0.1, 0.15) is 0 Å². The molecule has 0 aromatic heterocycles. The van der Waals surface area contributed by atoms with Crippen LogP contribution in [0.3, 0.4) is 0 Å². The van der Waals surface area contributed by atoms with Crippen molar-refractivity contribution in [3.63, 3.8) is 0 Å². The highest BCUT2D eigenvalue weighted by Gasteiger charge is 2.03. The molecular weight excluding hydrogens is 132 g/mol. The van der Waals surface area contributed by atoms with Crippen molar-refractivity contribution in [3.8, 4) is 0 Å². The van der Waals surface area contributed by atoms with E-state index >= 15 is 0 Å². The third kappa shape index (κ3) is 5.90. The minimum absolute atomic E-state index is 0.744. The van der Waals surface area contributed by atoms with Gasteiger partial charge in [-0.3, -0.25) is 0 Å². The molecule has 11 heavy (non-hydrogen) atoms. The van der Waals surface area contributed by atoms with Crippen molar-refractivity contribution in [1.29, 1.82) is 0 Å². The first-order chi connectivity index (χ1) is 5.20. The van der Waals surface area contributed by atoms with Gasteiger partial charge in [0.2, 0.25) is 0 Å². The van der Waals surface area contributed by atoms with Crippen molar-refractivity contribution in [1.82, 2.24) is 0 Å². The summed E-state index contributed by atoms with van der Waals surface area (Å²) in [6.45, 7) is 10.4. The van der Waals surface area contributed by atoms with Crippen molar-refractivity contribution >= 4 is 0 Å². The topological polar surface area (TPSA) is 0 Å². The second kappa shape index (κ2) is 6.21. The van der Waals surface area contributed by atoms with Gasteiger partial charge in [-0.15, -0.1) is 0 Å². The molecule has 0 aliphatic rings. The van der Waals surface area contributed by atoms with E-state index in [4.69, 9.17) is 0 Å². The lowest BCUT2D eigenvalue weighted by atomic mass is 9.94. The first-order valence-electron chi connectivity index (χ1n) is 4.49. The molecule has 0 aromatic rings. The van der Waals surface area contributed by atoms with E-state index in [1.165, 1.54) is 12.8 Å². The highest BCUT2D eigenvalue weighted by atomic mass is 14.1. The van der Waals surface area contributed by atoms with Crippen molar-refractivity contribution in [2.24, 2.45) is 11.8 Å². The first kappa shape index (κ1) is 10.5. The van der Waals surface area contributed by atoms with Crippen LogP contribution in [-0.2, 0) is 0 Å². The van der Waals surface area contributed by atoms with Gasteiger partial charge < -0.3 is 0 Å². The lowest BCUT2D eigenvalue weighted by Crippen LogP contribution is -1.99. The lowest BCUT2D eigenvalue weighted by Gasteiger charge is -2.11. The van der Waals surface area contributed by atoms with Crippen LogP contribution in [0, 0.1) is 11.8 Å². The smallest absolute Gasteiger partial charge is 0.0231 e. The standard InChI is InChI=1S/C11H20/c1-5-7-8-11(6-2)9-10(3)4/h5,7-8,10-11H,1,6,9H2,2-4H3/b8-7-. The Morgan fingerprint density at radius 1 is 1.36 bits per heavy atom. The number of hydrogen-bond acceptors (Lipinski definition) is 0. The summed E-state index contributed by atoms with van der Waals surface area (Å²) in [6, 6.07) is 0.